The molecule has 0 rings (SSSR count). The third kappa shape index (κ3) is 10.5. The maximum Gasteiger partial charge on any atom is 0.308 e. The predicted molar refractivity (Wildman–Crippen MR) is 52.6 cm³/mol. The third-order valence-corrected chi connectivity index (χ3v) is 2.07. The molecule has 1 N–H and O–H groups in total. The van der Waals surface area contributed by atoms with E-state index in [1.54, 1.807) is 13.8 Å². The molecule has 0 aromatic carbocycles. The van der Waals surface area contributed by atoms with Crippen molar-refractivity contribution in [2.24, 2.45) is 5.92 Å². The monoisotopic (exact) mass is 233 g/mol. The van der Waals surface area contributed by atoms with Crippen molar-refractivity contribution in [2.75, 3.05) is 12.4 Å². The van der Waals surface area contributed by atoms with Gasteiger partial charge in [0.15, 0.2) is 0 Å². The zero-order chi connectivity index (χ0) is 10.5. The standard InChI is InChI=1S/C7H14O5S.Na/c1-6(2)7(8)12-4-3-5-13(9,10)11;/h6H,3-5H2,1-2H3,(H,9,10,11);. The predicted octanol–water partition coefficient (Wildman–Crippen LogP) is 0.0827. The molecule has 0 aliphatic rings. The maximum absolute atomic E-state index is 10.8. The van der Waals surface area contributed by atoms with E-state index in [2.05, 4.69) is 4.74 Å². The van der Waals surface area contributed by atoms with Crippen LogP contribution in [0.4, 0.5) is 0 Å². The van der Waals surface area contributed by atoms with E-state index in [-0.39, 0.29) is 60.2 Å². The number of esters is 1. The average molecular weight is 233 g/mol. The molecule has 0 aliphatic heterocycles. The Hall–Kier alpha value is 0.380. The van der Waals surface area contributed by atoms with Crippen LogP contribution in [0.3, 0.4) is 0 Å². The van der Waals surface area contributed by atoms with Crippen LogP contribution in [0.15, 0.2) is 0 Å². The van der Waals surface area contributed by atoms with Crippen LogP contribution in [0.25, 0.3) is 0 Å². The van der Waals surface area contributed by atoms with Crippen LogP contribution in [0.5, 0.6) is 0 Å². The van der Waals surface area contributed by atoms with Crippen molar-refractivity contribution in [2.45, 2.75) is 20.3 Å². The van der Waals surface area contributed by atoms with Crippen LogP contribution >= 0.6 is 0 Å². The number of ether oxygens (including phenoxy) is 1. The van der Waals surface area contributed by atoms with E-state index in [9.17, 15) is 13.2 Å². The summed E-state index contributed by atoms with van der Waals surface area (Å²) in [5, 5.41) is 0. The molecule has 0 fully saturated rings. The Labute approximate surface area is 106 Å². The van der Waals surface area contributed by atoms with Gasteiger partial charge in [-0.2, -0.15) is 8.42 Å². The van der Waals surface area contributed by atoms with Crippen molar-refractivity contribution < 1.29 is 22.5 Å². The minimum absolute atomic E-state index is 0. The molecule has 1 radical (unpaired) electrons. The average Bonchev–Trinajstić information content (AvgIpc) is 1.95. The largest absolute Gasteiger partial charge is 0.465 e. The topological polar surface area (TPSA) is 80.7 Å². The maximum atomic E-state index is 10.8. The number of hydrogen-bond donors (Lipinski definition) is 1. The second-order valence-corrected chi connectivity index (χ2v) is 4.53. The van der Waals surface area contributed by atoms with Crippen molar-refractivity contribution in [1.82, 2.24) is 0 Å². The summed E-state index contributed by atoms with van der Waals surface area (Å²) >= 11 is 0. The van der Waals surface area contributed by atoms with E-state index in [1.165, 1.54) is 0 Å². The van der Waals surface area contributed by atoms with E-state index in [4.69, 9.17) is 4.55 Å². The van der Waals surface area contributed by atoms with Gasteiger partial charge in [-0.25, -0.2) is 0 Å². The van der Waals surface area contributed by atoms with Crippen LogP contribution < -0.4 is 0 Å². The molecule has 0 aromatic rings. The van der Waals surface area contributed by atoms with E-state index in [0.29, 0.717) is 0 Å². The van der Waals surface area contributed by atoms with Crippen LogP contribution in [0, 0.1) is 5.92 Å². The molecule has 0 aromatic heterocycles. The van der Waals surface area contributed by atoms with Gasteiger partial charge in [0.2, 0.25) is 0 Å². The van der Waals surface area contributed by atoms with Crippen molar-refractivity contribution in [1.29, 1.82) is 0 Å². The summed E-state index contributed by atoms with van der Waals surface area (Å²) in [6.07, 6.45) is 0.122. The first-order valence-corrected chi connectivity index (χ1v) is 5.55. The van der Waals surface area contributed by atoms with Crippen LogP contribution in [-0.2, 0) is 19.6 Å². The fraction of sp³-hybridized carbons (Fsp3) is 0.857. The van der Waals surface area contributed by atoms with E-state index in [0.717, 1.165) is 0 Å². The molecule has 5 nitrogen and oxygen atoms in total. The quantitative estimate of drug-likeness (QED) is 0.315. The summed E-state index contributed by atoms with van der Waals surface area (Å²) in [6.45, 7) is 3.40. The first kappa shape index (κ1) is 16.8. The summed E-state index contributed by atoms with van der Waals surface area (Å²) in [6, 6.07) is 0. The van der Waals surface area contributed by atoms with Crippen molar-refractivity contribution in [3.05, 3.63) is 0 Å². The normalized spacial score (nSPS) is 10.9. The summed E-state index contributed by atoms with van der Waals surface area (Å²) < 4.78 is 33.5. The van der Waals surface area contributed by atoms with Gasteiger partial charge in [-0.05, 0) is 6.42 Å². The van der Waals surface area contributed by atoms with Gasteiger partial charge in [0.1, 0.15) is 0 Å². The minimum atomic E-state index is -3.93. The number of rotatable bonds is 5. The molecule has 14 heavy (non-hydrogen) atoms. The molecule has 79 valence electrons. The van der Waals surface area contributed by atoms with Crippen molar-refractivity contribution in [3.8, 4) is 0 Å². The molecule has 0 saturated carbocycles. The number of carbonyl (C=O) groups excluding carboxylic acids is 1. The fourth-order valence-corrected chi connectivity index (χ4v) is 1.06. The molecule has 0 saturated heterocycles. The van der Waals surface area contributed by atoms with E-state index >= 15 is 0 Å². The van der Waals surface area contributed by atoms with E-state index < -0.39 is 10.1 Å². The number of hydrogen-bond acceptors (Lipinski definition) is 4. The molecule has 0 heterocycles. The van der Waals surface area contributed by atoms with Gasteiger partial charge in [0, 0.05) is 29.6 Å². The Morgan fingerprint density at radius 2 is 1.93 bits per heavy atom. The first-order chi connectivity index (χ1) is 5.83. The summed E-state index contributed by atoms with van der Waals surface area (Å²) in [7, 11) is -3.93. The molecule has 0 unspecified atom stereocenters. The molecular formula is C7H14NaO5S. The molecule has 0 bridgehead atoms. The molecule has 0 atom stereocenters. The van der Waals surface area contributed by atoms with Crippen LogP contribution in [0.1, 0.15) is 20.3 Å². The van der Waals surface area contributed by atoms with Crippen LogP contribution in [0.2, 0.25) is 0 Å². The van der Waals surface area contributed by atoms with Crippen LogP contribution in [-0.4, -0.2) is 60.9 Å². The summed E-state index contributed by atoms with van der Waals surface area (Å²) in [4.78, 5) is 10.8. The van der Waals surface area contributed by atoms with Gasteiger partial charge in [0.05, 0.1) is 18.3 Å². The zero-order valence-corrected chi connectivity index (χ0v) is 11.5. The van der Waals surface area contributed by atoms with Crippen molar-refractivity contribution >= 4 is 45.6 Å². The molecule has 7 heteroatoms. The third-order valence-electron chi connectivity index (χ3n) is 1.26. The van der Waals surface area contributed by atoms with E-state index in [1.807, 2.05) is 0 Å². The Kier molecular flexibility index (Phi) is 9.17. The van der Waals surface area contributed by atoms with Gasteiger partial charge in [-0.15, -0.1) is 0 Å². The smallest absolute Gasteiger partial charge is 0.308 e. The summed E-state index contributed by atoms with van der Waals surface area (Å²) in [5.41, 5.74) is 0. The Morgan fingerprint density at radius 3 is 2.29 bits per heavy atom. The fourth-order valence-electron chi connectivity index (χ4n) is 0.581. The second kappa shape index (κ2) is 7.64. The second-order valence-electron chi connectivity index (χ2n) is 2.96. The van der Waals surface area contributed by atoms with Crippen molar-refractivity contribution in [3.63, 3.8) is 0 Å². The SMILES string of the molecule is CC(C)C(=O)OCCCS(=O)(=O)O.[Na]. The Morgan fingerprint density at radius 1 is 1.43 bits per heavy atom. The first-order valence-electron chi connectivity index (χ1n) is 3.94. The summed E-state index contributed by atoms with van der Waals surface area (Å²) in [5.74, 6) is -0.959. The van der Waals surface area contributed by atoms with Gasteiger partial charge in [-0.3, -0.25) is 9.35 Å². The van der Waals surface area contributed by atoms with Gasteiger partial charge >= 0.3 is 5.97 Å². The number of carbonyl (C=O) groups is 1. The van der Waals surface area contributed by atoms with Gasteiger partial charge in [-0.1, -0.05) is 13.8 Å². The molecule has 0 spiro atoms. The minimum Gasteiger partial charge on any atom is -0.465 e. The Bertz CT molecular complexity index is 259. The molecule has 0 aliphatic carbocycles. The van der Waals surface area contributed by atoms with Gasteiger partial charge < -0.3 is 4.74 Å². The molecular weight excluding hydrogens is 219 g/mol. The molecule has 0 amide bonds. The Balaban J connectivity index is 0. The van der Waals surface area contributed by atoms with Gasteiger partial charge in [0.25, 0.3) is 10.1 Å². The zero-order valence-electron chi connectivity index (χ0n) is 8.69.